The van der Waals surface area contributed by atoms with Gasteiger partial charge in [0, 0.05) is 12.6 Å². The fraction of sp³-hybridized carbons (Fsp3) is 0.571. The highest BCUT2D eigenvalue weighted by molar-refractivity contribution is 7.89. The zero-order valence-electron chi connectivity index (χ0n) is 12.4. The summed E-state index contributed by atoms with van der Waals surface area (Å²) in [5.41, 5.74) is 5.67. The molecule has 0 bridgehead atoms. The molecule has 1 aliphatic heterocycles. The van der Waals surface area contributed by atoms with Crippen LogP contribution in [0.15, 0.2) is 17.0 Å². The first-order valence-electron chi connectivity index (χ1n) is 7.14. The van der Waals surface area contributed by atoms with Gasteiger partial charge in [0.1, 0.15) is 5.82 Å². The predicted molar refractivity (Wildman–Crippen MR) is 81.0 cm³/mol. The number of likely N-dealkylation sites (N-methyl/N-ethyl adjacent to an activating group) is 1. The van der Waals surface area contributed by atoms with Gasteiger partial charge in [0.05, 0.1) is 10.6 Å². The third-order valence-corrected chi connectivity index (χ3v) is 5.56. The minimum absolute atomic E-state index is 0.0439. The Balaban J connectivity index is 2.14. The van der Waals surface area contributed by atoms with Crippen LogP contribution < -0.4 is 10.5 Å². The molecule has 1 aromatic rings. The summed E-state index contributed by atoms with van der Waals surface area (Å²) in [5.74, 6) is -0.598. The summed E-state index contributed by atoms with van der Waals surface area (Å²) < 4.78 is 40.7. The van der Waals surface area contributed by atoms with E-state index in [0.717, 1.165) is 32.0 Å². The number of nitrogen functional groups attached to an aromatic ring is 1. The minimum Gasteiger partial charge on any atom is -0.396 e. The lowest BCUT2D eigenvalue weighted by Gasteiger charge is -2.23. The van der Waals surface area contributed by atoms with Crippen molar-refractivity contribution < 1.29 is 12.8 Å². The van der Waals surface area contributed by atoms with Crippen LogP contribution >= 0.6 is 0 Å². The Bertz CT molecular complexity index is 619. The van der Waals surface area contributed by atoms with Crippen molar-refractivity contribution in [3.63, 3.8) is 0 Å². The topological polar surface area (TPSA) is 75.4 Å². The lowest BCUT2D eigenvalue weighted by molar-refractivity contribution is 0.268. The van der Waals surface area contributed by atoms with E-state index in [1.165, 1.54) is 6.07 Å². The number of anilines is 1. The normalized spacial score (nSPS) is 20.0. The van der Waals surface area contributed by atoms with Crippen molar-refractivity contribution in [3.05, 3.63) is 23.5 Å². The molecule has 21 heavy (non-hydrogen) atoms. The largest absolute Gasteiger partial charge is 0.396 e. The molecule has 1 aliphatic rings. The summed E-state index contributed by atoms with van der Waals surface area (Å²) in [5, 5.41) is 0. The molecule has 118 valence electrons. The van der Waals surface area contributed by atoms with Gasteiger partial charge in [0.25, 0.3) is 0 Å². The van der Waals surface area contributed by atoms with Crippen molar-refractivity contribution in [1.82, 2.24) is 9.62 Å². The number of nitrogens with zero attached hydrogens (tertiary/aromatic N) is 1. The zero-order valence-corrected chi connectivity index (χ0v) is 13.2. The quantitative estimate of drug-likeness (QED) is 0.807. The standard InChI is InChI=1S/C14H22FN3O2S/c1-3-18-6-4-5-11(18)9-17-21(19,20)14-8-13(16)12(15)7-10(14)2/h7-8,11,17H,3-6,9,16H2,1-2H3. The third kappa shape index (κ3) is 3.53. The van der Waals surface area contributed by atoms with Crippen LogP contribution in [0.1, 0.15) is 25.3 Å². The van der Waals surface area contributed by atoms with Crippen molar-refractivity contribution in [1.29, 1.82) is 0 Å². The fourth-order valence-electron chi connectivity index (χ4n) is 2.78. The van der Waals surface area contributed by atoms with Gasteiger partial charge >= 0.3 is 0 Å². The van der Waals surface area contributed by atoms with E-state index >= 15 is 0 Å². The van der Waals surface area contributed by atoms with Gasteiger partial charge in [-0.15, -0.1) is 0 Å². The smallest absolute Gasteiger partial charge is 0.240 e. The molecule has 1 heterocycles. The van der Waals surface area contributed by atoms with Crippen LogP contribution in [0.25, 0.3) is 0 Å². The van der Waals surface area contributed by atoms with Crippen LogP contribution in [0.4, 0.5) is 10.1 Å². The average Bonchev–Trinajstić information content (AvgIpc) is 2.88. The Morgan fingerprint density at radius 1 is 1.48 bits per heavy atom. The number of aryl methyl sites for hydroxylation is 1. The van der Waals surface area contributed by atoms with Gasteiger partial charge in [-0.05, 0) is 50.6 Å². The molecule has 1 atom stereocenters. The average molecular weight is 315 g/mol. The molecule has 1 saturated heterocycles. The Kier molecular flexibility index (Phi) is 4.85. The molecule has 7 heteroatoms. The van der Waals surface area contributed by atoms with Crippen LogP contribution in [0, 0.1) is 12.7 Å². The number of rotatable bonds is 5. The van der Waals surface area contributed by atoms with Crippen molar-refractivity contribution in [2.45, 2.75) is 37.6 Å². The van der Waals surface area contributed by atoms with Gasteiger partial charge in [-0.2, -0.15) is 0 Å². The molecular formula is C14H22FN3O2S. The molecule has 5 nitrogen and oxygen atoms in total. The summed E-state index contributed by atoms with van der Waals surface area (Å²) in [4.78, 5) is 2.30. The summed E-state index contributed by atoms with van der Waals surface area (Å²) in [6, 6.07) is 2.56. The van der Waals surface area contributed by atoms with E-state index in [1.54, 1.807) is 6.92 Å². The molecule has 0 amide bonds. The lowest BCUT2D eigenvalue weighted by Crippen LogP contribution is -2.40. The first-order chi connectivity index (χ1) is 9.85. The first-order valence-corrected chi connectivity index (χ1v) is 8.62. The van der Waals surface area contributed by atoms with Crippen molar-refractivity contribution >= 4 is 15.7 Å². The predicted octanol–water partition coefficient (Wildman–Crippen LogP) is 1.48. The van der Waals surface area contributed by atoms with E-state index in [-0.39, 0.29) is 16.6 Å². The van der Waals surface area contributed by atoms with E-state index < -0.39 is 15.8 Å². The molecule has 0 saturated carbocycles. The Labute approximate surface area is 125 Å². The van der Waals surface area contributed by atoms with Crippen molar-refractivity contribution in [2.75, 3.05) is 25.4 Å². The highest BCUT2D eigenvalue weighted by Gasteiger charge is 2.26. The van der Waals surface area contributed by atoms with Gasteiger partial charge in [-0.25, -0.2) is 17.5 Å². The first kappa shape index (κ1) is 16.2. The van der Waals surface area contributed by atoms with Crippen molar-refractivity contribution in [3.8, 4) is 0 Å². The minimum atomic E-state index is -3.67. The zero-order chi connectivity index (χ0) is 15.6. The van der Waals surface area contributed by atoms with Gasteiger partial charge < -0.3 is 5.73 Å². The van der Waals surface area contributed by atoms with Crippen molar-refractivity contribution in [2.24, 2.45) is 0 Å². The van der Waals surface area contributed by atoms with Gasteiger partial charge in [-0.3, -0.25) is 4.90 Å². The number of hydrogen-bond acceptors (Lipinski definition) is 4. The molecule has 0 radical (unpaired) electrons. The molecular weight excluding hydrogens is 293 g/mol. The summed E-state index contributed by atoms with van der Waals surface area (Å²) in [6.45, 7) is 5.91. The molecule has 0 aliphatic carbocycles. The van der Waals surface area contributed by atoms with E-state index in [4.69, 9.17) is 5.73 Å². The maximum atomic E-state index is 13.3. The number of hydrogen-bond donors (Lipinski definition) is 2. The van der Waals surface area contributed by atoms with E-state index in [1.807, 2.05) is 0 Å². The number of benzene rings is 1. The summed E-state index contributed by atoms with van der Waals surface area (Å²) >= 11 is 0. The van der Waals surface area contributed by atoms with Crippen LogP contribution in [-0.4, -0.2) is 39.0 Å². The van der Waals surface area contributed by atoms with E-state index in [2.05, 4.69) is 16.5 Å². The van der Waals surface area contributed by atoms with Crippen LogP contribution in [0.5, 0.6) is 0 Å². The molecule has 0 spiro atoms. The van der Waals surface area contributed by atoms with Gasteiger partial charge in [-0.1, -0.05) is 6.92 Å². The van der Waals surface area contributed by atoms with Crippen LogP contribution in [0.2, 0.25) is 0 Å². The second kappa shape index (κ2) is 6.29. The molecule has 1 aromatic carbocycles. The fourth-order valence-corrected chi connectivity index (χ4v) is 4.12. The summed E-state index contributed by atoms with van der Waals surface area (Å²) in [6.07, 6.45) is 2.07. The van der Waals surface area contributed by atoms with Crippen LogP contribution in [0.3, 0.4) is 0 Å². The maximum absolute atomic E-state index is 13.3. The highest BCUT2D eigenvalue weighted by Crippen LogP contribution is 2.22. The molecule has 0 aromatic heterocycles. The van der Waals surface area contributed by atoms with E-state index in [9.17, 15) is 12.8 Å². The highest BCUT2D eigenvalue weighted by atomic mass is 32.2. The molecule has 1 unspecified atom stereocenters. The molecule has 1 fully saturated rings. The SMILES string of the molecule is CCN1CCCC1CNS(=O)(=O)c1cc(N)c(F)cc1C. The lowest BCUT2D eigenvalue weighted by atomic mass is 10.2. The number of likely N-dealkylation sites (tertiary alicyclic amines) is 1. The number of nitrogens with two attached hydrogens (primary N) is 1. The number of nitrogens with one attached hydrogen (secondary N) is 1. The van der Waals surface area contributed by atoms with E-state index in [0.29, 0.717) is 12.1 Å². The monoisotopic (exact) mass is 315 g/mol. The number of halogens is 1. The number of sulfonamides is 1. The second-order valence-corrected chi connectivity index (χ2v) is 7.15. The Morgan fingerprint density at radius 2 is 2.19 bits per heavy atom. The Morgan fingerprint density at radius 3 is 2.86 bits per heavy atom. The maximum Gasteiger partial charge on any atom is 0.240 e. The van der Waals surface area contributed by atoms with Gasteiger partial charge in [0.2, 0.25) is 10.0 Å². The summed E-state index contributed by atoms with van der Waals surface area (Å²) in [7, 11) is -3.67. The van der Waals surface area contributed by atoms with Crippen LogP contribution in [-0.2, 0) is 10.0 Å². The molecule has 2 rings (SSSR count). The Hall–Kier alpha value is -1.18. The molecule has 3 N–H and O–H groups in total. The third-order valence-electron chi connectivity index (χ3n) is 4.00. The second-order valence-electron chi connectivity index (χ2n) is 5.42. The van der Waals surface area contributed by atoms with Gasteiger partial charge in [0.15, 0.2) is 0 Å².